The summed E-state index contributed by atoms with van der Waals surface area (Å²) in [5, 5.41) is 85.3. The minimum absolute atomic E-state index is 0.0154. The van der Waals surface area contributed by atoms with Gasteiger partial charge in [-0.3, -0.25) is 4.79 Å². The second-order valence-corrected chi connectivity index (χ2v) is 25.8. The fraction of sp³-hybridized carbons (Fsp3) is 0.132. The summed E-state index contributed by atoms with van der Waals surface area (Å²) < 4.78 is 18.5. The molecule has 4 nitrogen and oxygen atoms in total. The third-order valence-corrected chi connectivity index (χ3v) is 25.5. The first kappa shape index (κ1) is 28.0. The summed E-state index contributed by atoms with van der Waals surface area (Å²) >= 11 is 0. The van der Waals surface area contributed by atoms with Gasteiger partial charge in [0.2, 0.25) is 0 Å². The molecule has 2 spiro atoms. The van der Waals surface area contributed by atoms with Gasteiger partial charge in [-0.25, -0.2) is 0 Å². The third kappa shape index (κ3) is 1.52. The van der Waals surface area contributed by atoms with Crippen LogP contribution in [-0.2, 0) is 29.8 Å². The minimum atomic E-state index is -0.550. The van der Waals surface area contributed by atoms with Crippen molar-refractivity contribution in [2.45, 2.75) is 17.8 Å². The van der Waals surface area contributed by atoms with Crippen molar-refractivity contribution in [1.29, 1.82) is 0 Å². The van der Waals surface area contributed by atoms with Crippen LogP contribution in [0.25, 0.3) is 291 Å². The first-order valence-electron chi connectivity index (χ1n) is 26.9. The molecule has 33 rings (SSSR count). The van der Waals surface area contributed by atoms with Gasteiger partial charge in [-0.05, 0) is 320 Å². The van der Waals surface area contributed by atoms with Gasteiger partial charge in [0.1, 0.15) is 6.61 Å². The molecule has 28 aromatic rings. The van der Waals surface area contributed by atoms with Crippen LogP contribution in [0.5, 0.6) is 0 Å². The van der Waals surface area contributed by atoms with E-state index >= 15 is 4.79 Å². The van der Waals surface area contributed by atoms with Crippen LogP contribution < -0.4 is 0 Å². The molecule has 5 aliphatic carbocycles. The summed E-state index contributed by atoms with van der Waals surface area (Å²) in [6, 6.07) is 0. The highest BCUT2D eigenvalue weighted by Crippen LogP contribution is 2.92. The number of ether oxygens (including phenoxy) is 3. The monoisotopic (exact) mass is 894 g/mol. The van der Waals surface area contributed by atoms with E-state index in [2.05, 4.69) is 0 Å². The minimum Gasteiger partial charge on any atom is -0.463 e. The zero-order valence-electron chi connectivity index (χ0n) is 37.2. The number of carbonyl (C=O) groups is 1. The van der Waals surface area contributed by atoms with Crippen LogP contribution in [0.1, 0.15) is 29.2 Å². The SMILES string of the molecule is CCOCCOCCOC(=O)C1C23c4c5c6c7c8c9c(c%10c%11c2c2c4c4c%12c5c5c6c6c8c8c%13c9c9c%10c%10c%11c%11c2c2c4c4c%12c%12c5c5c6c8c6c8c%13c9c9c%10c%10c%11c2c2c4c4c%12c5c6c5c8c9c%10c2c45)C713. The van der Waals surface area contributed by atoms with Gasteiger partial charge < -0.3 is 14.2 Å². The Labute approximate surface area is 392 Å². The molecule has 0 amide bonds. The van der Waals surface area contributed by atoms with Crippen molar-refractivity contribution < 1.29 is 19.0 Å². The molecule has 0 aliphatic heterocycles. The van der Waals surface area contributed by atoms with Crippen molar-refractivity contribution in [2.24, 2.45) is 5.92 Å². The molecule has 0 unspecified atom stereocenters. The van der Waals surface area contributed by atoms with Gasteiger partial charge in [-0.2, -0.15) is 0 Å². The van der Waals surface area contributed by atoms with Crippen LogP contribution in [0.3, 0.4) is 0 Å². The number of hydrogen-bond donors (Lipinski definition) is 0. The number of carbonyl (C=O) groups excluding carboxylic acids is 1. The predicted molar refractivity (Wildman–Crippen MR) is 296 cm³/mol. The molecule has 4 heteroatoms. The fourth-order valence-corrected chi connectivity index (χ4v) is 25.4. The van der Waals surface area contributed by atoms with Gasteiger partial charge in [0.25, 0.3) is 0 Å². The lowest BCUT2D eigenvalue weighted by atomic mass is 9.68. The molecular formula is C68H14O4. The van der Waals surface area contributed by atoms with Crippen LogP contribution in [0, 0.1) is 5.92 Å². The molecule has 72 heavy (non-hydrogen) atoms. The summed E-state index contributed by atoms with van der Waals surface area (Å²) in [5.74, 6) is -0.375. The Kier molecular flexibility index (Phi) is 2.54. The molecule has 1 saturated carbocycles. The highest BCUT2D eigenvalue weighted by atomic mass is 16.6. The quantitative estimate of drug-likeness (QED) is 0.0866. The lowest BCUT2D eigenvalue weighted by Crippen LogP contribution is -2.27. The molecule has 0 radical (unpaired) electrons. The molecule has 0 aromatic heterocycles. The van der Waals surface area contributed by atoms with E-state index in [1.165, 1.54) is 65.3 Å². The summed E-state index contributed by atoms with van der Waals surface area (Å²) in [6.07, 6.45) is 0. The summed E-state index contributed by atoms with van der Waals surface area (Å²) in [6.45, 7) is 4.38. The van der Waals surface area contributed by atoms with Crippen molar-refractivity contribution in [1.82, 2.24) is 0 Å². The second-order valence-electron chi connectivity index (χ2n) is 25.8. The average Bonchev–Trinajstić information content (AvgIpc) is 4.27. The smallest absolute Gasteiger partial charge is 0.311 e. The number of rotatable bonds is 8. The largest absolute Gasteiger partial charge is 0.463 e. The third-order valence-electron chi connectivity index (χ3n) is 25.5. The molecular weight excluding hydrogens is 881 g/mol. The normalized spacial score (nSPS) is 22.9. The maximum absolute atomic E-state index is 16.3. The summed E-state index contributed by atoms with van der Waals surface area (Å²) in [7, 11) is 0. The Balaban J connectivity index is 1.04. The van der Waals surface area contributed by atoms with Gasteiger partial charge in [0.15, 0.2) is 0 Å². The van der Waals surface area contributed by atoms with E-state index in [9.17, 15) is 0 Å². The molecule has 310 valence electrons. The molecule has 1 fully saturated rings. The molecule has 0 heterocycles. The summed E-state index contributed by atoms with van der Waals surface area (Å²) in [4.78, 5) is 16.3. The van der Waals surface area contributed by atoms with E-state index in [1.807, 2.05) is 6.92 Å². The van der Waals surface area contributed by atoms with Gasteiger partial charge in [-0.15, -0.1) is 0 Å². The van der Waals surface area contributed by atoms with E-state index in [-0.39, 0.29) is 18.5 Å². The predicted octanol–water partition coefficient (Wildman–Crippen LogP) is 16.5. The van der Waals surface area contributed by atoms with Crippen molar-refractivity contribution in [3.63, 3.8) is 0 Å². The Bertz CT molecular complexity index is 6640. The average molecular weight is 895 g/mol. The Morgan fingerprint density at radius 2 is 0.431 bits per heavy atom. The van der Waals surface area contributed by atoms with E-state index < -0.39 is 10.8 Å². The van der Waals surface area contributed by atoms with Crippen LogP contribution >= 0.6 is 0 Å². The topological polar surface area (TPSA) is 44.8 Å². The van der Waals surface area contributed by atoms with Crippen molar-refractivity contribution in [3.8, 4) is 0 Å². The van der Waals surface area contributed by atoms with E-state index in [4.69, 9.17) is 14.2 Å². The van der Waals surface area contributed by atoms with Crippen LogP contribution in [0.2, 0.25) is 0 Å². The van der Waals surface area contributed by atoms with Crippen LogP contribution in [-0.4, -0.2) is 39.0 Å². The van der Waals surface area contributed by atoms with E-state index in [1.54, 1.807) is 248 Å². The van der Waals surface area contributed by atoms with Crippen LogP contribution in [0.15, 0.2) is 0 Å². The van der Waals surface area contributed by atoms with E-state index in [0.717, 1.165) is 0 Å². The molecule has 0 atom stereocenters. The highest BCUT2D eigenvalue weighted by molar-refractivity contribution is 6.82. The van der Waals surface area contributed by atoms with Crippen molar-refractivity contribution in [3.05, 3.63) is 22.3 Å². The standard InChI is InChI=1S/C68H14O4/c1-2-70-3-4-71-5-6-72-66(69)65-67-61-53-45-35-25-17-9-7-8-11-15-13(9)21-29-23(15)33-27-19(11)20-12(8)16-14-10(7)18(17)26-32-22(14)30-24(16)34-28(20)38-37(27)47-41(33)51-43(29)49(39(45)31(21)25)57(61)59(51)63-55(47)56-48(38)42(34)52-44(30)50-40(32)46(36(26)35)54(53)62(67)58(50)60(52)64(56)68(63,65)67/h65H,2-6H2,1H3. The zero-order chi connectivity index (χ0) is 43.3. The first-order chi connectivity index (χ1) is 35.8. The molecule has 5 aliphatic rings. The van der Waals surface area contributed by atoms with Crippen molar-refractivity contribution >= 4 is 297 Å². The highest BCUT2D eigenvalue weighted by Gasteiger charge is 2.89. The molecule has 0 saturated heterocycles. The van der Waals surface area contributed by atoms with Gasteiger partial charge >= 0.3 is 5.97 Å². The first-order valence-corrected chi connectivity index (χ1v) is 26.9. The van der Waals surface area contributed by atoms with Gasteiger partial charge in [0.05, 0.1) is 36.6 Å². The lowest BCUT2D eigenvalue weighted by molar-refractivity contribution is -0.147. The lowest BCUT2D eigenvalue weighted by Gasteiger charge is -2.32. The molecule has 0 bridgehead atoms. The number of hydrogen-bond acceptors (Lipinski definition) is 4. The molecule has 28 aromatic carbocycles. The fourth-order valence-electron chi connectivity index (χ4n) is 25.4. The van der Waals surface area contributed by atoms with Gasteiger partial charge in [0, 0.05) is 6.61 Å². The Morgan fingerprint density at radius 1 is 0.264 bits per heavy atom. The number of esters is 1. The maximum Gasteiger partial charge on any atom is 0.311 e. The Hall–Kier alpha value is -8.15. The van der Waals surface area contributed by atoms with Crippen molar-refractivity contribution in [2.75, 3.05) is 33.0 Å². The zero-order valence-corrected chi connectivity index (χ0v) is 37.2. The maximum atomic E-state index is 16.3. The van der Waals surface area contributed by atoms with Crippen LogP contribution in [0.4, 0.5) is 0 Å². The Morgan fingerprint density at radius 3 is 0.625 bits per heavy atom. The number of benzene rings is 18. The summed E-state index contributed by atoms with van der Waals surface area (Å²) in [5.41, 5.74) is 5.04. The molecule has 0 N–H and O–H groups in total. The second kappa shape index (κ2) is 6.53. The van der Waals surface area contributed by atoms with Gasteiger partial charge in [-0.1, -0.05) is 0 Å². The van der Waals surface area contributed by atoms with E-state index in [0.29, 0.717) is 26.4 Å².